The van der Waals surface area contributed by atoms with Gasteiger partial charge in [-0.15, -0.1) is 0 Å². The molecule has 17 nitrogen and oxygen atoms in total. The second-order valence-electron chi connectivity index (χ2n) is 9.26. The summed E-state index contributed by atoms with van der Waals surface area (Å²) in [5.74, 6) is -0.212. The number of methoxy groups -OCH3 is 2. The van der Waals surface area contributed by atoms with Crippen molar-refractivity contribution in [1.29, 1.82) is 0 Å². The van der Waals surface area contributed by atoms with Gasteiger partial charge in [-0.1, -0.05) is 0 Å². The van der Waals surface area contributed by atoms with Crippen molar-refractivity contribution in [3.63, 3.8) is 0 Å². The van der Waals surface area contributed by atoms with Crippen LogP contribution in [-0.4, -0.2) is 99.1 Å². The molecule has 0 atom stereocenters. The summed E-state index contributed by atoms with van der Waals surface area (Å²) in [6, 6.07) is 15.0. The van der Waals surface area contributed by atoms with Crippen molar-refractivity contribution in [1.82, 2.24) is 25.4 Å². The number of ketones is 1. The molecule has 0 aliphatic carbocycles. The number of nitrogens with zero attached hydrogens (tertiary/aromatic N) is 2. The maximum atomic E-state index is 11.2. The van der Waals surface area contributed by atoms with Crippen LogP contribution in [0.25, 0.3) is 22.1 Å². The van der Waals surface area contributed by atoms with E-state index < -0.39 is 18.5 Å². The monoisotopic (exact) mass is 685 g/mol. The first-order valence-corrected chi connectivity index (χ1v) is 14.0. The van der Waals surface area contributed by atoms with Gasteiger partial charge >= 0.3 is 11.9 Å². The number of aromatic amines is 2. The van der Waals surface area contributed by atoms with E-state index in [0.29, 0.717) is 28.1 Å². The lowest BCUT2D eigenvalue weighted by Gasteiger charge is -2.02. The smallest absolute Gasteiger partial charge is 0.337 e. The van der Waals surface area contributed by atoms with Crippen LogP contribution in [0.2, 0.25) is 0 Å². The van der Waals surface area contributed by atoms with E-state index >= 15 is 0 Å². The number of Topliss-reactive ketones (excluding diaryl/α,β-unsaturated/α-hetero) is 1. The van der Waals surface area contributed by atoms with Crippen LogP contribution in [-0.2, 0) is 14.3 Å². The van der Waals surface area contributed by atoms with Crippen molar-refractivity contribution in [2.75, 3.05) is 46.5 Å². The van der Waals surface area contributed by atoms with Gasteiger partial charge in [-0.25, -0.2) is 25.0 Å². The molecule has 0 radical (unpaired) electrons. The molecule has 0 saturated heterocycles. The number of carboxylic acid groups (broad SMARTS) is 1. The highest BCUT2D eigenvalue weighted by atomic mass is 16.5. The largest absolute Gasteiger partial charge is 0.481 e. The Bertz CT molecular complexity index is 1710. The average molecular weight is 686 g/mol. The molecule has 0 saturated carbocycles. The molecule has 11 N–H and O–H groups in total. The molecule has 2 heterocycles. The zero-order chi connectivity index (χ0) is 37.7. The number of ether oxygens (including phenoxy) is 2. The number of carbonyl (C=O) groups is 4. The molecule has 0 fully saturated rings. The number of anilines is 2. The molecule has 0 unspecified atom stereocenters. The number of imidazole rings is 2. The molecule has 5 aromatic rings. The van der Waals surface area contributed by atoms with Crippen molar-refractivity contribution in [3.8, 4) is 0 Å². The van der Waals surface area contributed by atoms with Gasteiger partial charge in [-0.2, -0.15) is 0 Å². The number of carboxylic acids is 1. The van der Waals surface area contributed by atoms with E-state index in [1.165, 1.54) is 27.3 Å². The normalized spacial score (nSPS) is 9.35. The molecule has 2 aromatic heterocycles. The predicted molar refractivity (Wildman–Crippen MR) is 183 cm³/mol. The molecule has 266 valence electrons. The van der Waals surface area contributed by atoms with Crippen molar-refractivity contribution in [2.45, 2.75) is 20.8 Å². The number of fused-ring (bicyclic) bond motifs is 2. The lowest BCUT2D eigenvalue weighted by Crippen LogP contribution is -2.03. The fraction of sp³-hybridized carbons (Fsp3) is 0.250. The number of nitrogens with one attached hydrogen (secondary N) is 3. The van der Waals surface area contributed by atoms with Crippen molar-refractivity contribution in [3.05, 3.63) is 82.9 Å². The number of nitrogen functional groups attached to an aromatic ring is 2. The minimum Gasteiger partial charge on any atom is -0.481 e. The summed E-state index contributed by atoms with van der Waals surface area (Å²) in [7, 11) is 5.11. The Morgan fingerprint density at radius 1 is 0.755 bits per heavy atom. The summed E-state index contributed by atoms with van der Waals surface area (Å²) in [6.45, 7) is 4.35. The number of aliphatic carboxylic acids is 1. The fourth-order valence-corrected chi connectivity index (χ4v) is 3.60. The van der Waals surface area contributed by atoms with Crippen molar-refractivity contribution < 1.29 is 49.2 Å². The summed E-state index contributed by atoms with van der Waals surface area (Å²) in [5, 5.41) is 30.4. The van der Waals surface area contributed by atoms with E-state index in [4.69, 9.17) is 36.8 Å². The number of hydroxylamine groups is 1. The minimum absolute atomic E-state index is 0.279. The highest BCUT2D eigenvalue weighted by Crippen LogP contribution is 2.17. The number of benzene rings is 3. The third-order valence-corrected chi connectivity index (χ3v) is 5.60. The van der Waals surface area contributed by atoms with Crippen LogP contribution in [0, 0.1) is 13.8 Å². The Labute approximate surface area is 281 Å². The van der Waals surface area contributed by atoms with Gasteiger partial charge < -0.3 is 51.4 Å². The van der Waals surface area contributed by atoms with Gasteiger partial charge in [0.05, 0.1) is 58.8 Å². The first-order valence-electron chi connectivity index (χ1n) is 14.0. The van der Waals surface area contributed by atoms with Gasteiger partial charge in [0, 0.05) is 26.6 Å². The third-order valence-electron chi connectivity index (χ3n) is 5.60. The zero-order valence-electron chi connectivity index (χ0n) is 28.2. The van der Waals surface area contributed by atoms with Gasteiger partial charge in [-0.3, -0.25) is 9.59 Å². The average Bonchev–Trinajstić information content (AvgIpc) is 3.65. The van der Waals surface area contributed by atoms with Crippen molar-refractivity contribution in [2.24, 2.45) is 0 Å². The highest BCUT2D eigenvalue weighted by molar-refractivity contribution is 5.99. The van der Waals surface area contributed by atoms with Gasteiger partial charge in [0.25, 0.3) is 5.97 Å². The lowest BCUT2D eigenvalue weighted by molar-refractivity contribution is -0.134. The number of esters is 2. The van der Waals surface area contributed by atoms with E-state index in [1.54, 1.807) is 54.0 Å². The van der Waals surface area contributed by atoms with E-state index in [1.807, 2.05) is 13.8 Å². The van der Waals surface area contributed by atoms with Crippen molar-refractivity contribution >= 4 is 57.1 Å². The zero-order valence-corrected chi connectivity index (χ0v) is 28.2. The summed E-state index contributed by atoms with van der Waals surface area (Å²) in [6.07, 6.45) is 0. The van der Waals surface area contributed by atoms with Crippen LogP contribution in [0.5, 0.6) is 0 Å². The van der Waals surface area contributed by atoms with Gasteiger partial charge in [0.1, 0.15) is 18.3 Å². The summed E-state index contributed by atoms with van der Waals surface area (Å²) in [5.41, 5.74) is 18.3. The number of nitrogens with two attached hydrogens (primary N) is 2. The number of rotatable bonds is 4. The Morgan fingerprint density at radius 3 is 1.51 bits per heavy atom. The third kappa shape index (κ3) is 15.0. The number of carbonyl (C=O) groups excluding carboxylic acids is 3. The molecule has 0 aliphatic rings. The standard InChI is InChI=1S/2C10H10N2O2.C8H10N2O2.C2H4O2.CH5NO.CH4O/c1-6-11-8-4-3-7(10(13)14-2)5-9(8)12-6;1-6-11-8-3-2-7(10(14)5-13)4-9(8)12-6;1-12-8(11)5-2-3-6(9)7(10)4-5;1-2(3)4;1-2-3;1-2/h3-5H,1-2H3,(H,11,12);2-4,13H,5H2,1H3,(H,11,12);2-4H,9-10H2,1H3;1H3,(H,3,4);2-3H,1H3;2H,1H3. The molecule has 5 rings (SSSR count). The SMILES string of the molecule is CC(=O)O.CNO.CO.COC(=O)c1ccc(N)c(N)c1.COC(=O)c1ccc2nc(C)[nH]c2c1.Cc1nc2ccc(C(=O)CO)cc2[nH]1. The molecule has 17 heteroatoms. The molecule has 0 aliphatic heterocycles. The van der Waals surface area contributed by atoms with E-state index in [2.05, 4.69) is 29.4 Å². The molecule has 0 amide bonds. The lowest BCUT2D eigenvalue weighted by atomic mass is 10.1. The van der Waals surface area contributed by atoms with Crippen LogP contribution in [0.4, 0.5) is 11.4 Å². The van der Waals surface area contributed by atoms with E-state index in [0.717, 1.165) is 47.7 Å². The van der Waals surface area contributed by atoms with Gasteiger partial charge in [0.2, 0.25) is 0 Å². The topological polar surface area (TPSA) is 289 Å². The number of aliphatic hydroxyl groups excluding tert-OH is 2. The fourth-order valence-electron chi connectivity index (χ4n) is 3.60. The maximum Gasteiger partial charge on any atom is 0.337 e. The maximum absolute atomic E-state index is 11.2. The predicted octanol–water partition coefficient (Wildman–Crippen LogP) is 2.64. The summed E-state index contributed by atoms with van der Waals surface area (Å²) in [4.78, 5) is 56.9. The Balaban J connectivity index is 0.000000630. The number of aryl methyl sites for hydroxylation is 2. The van der Waals surface area contributed by atoms with E-state index in [9.17, 15) is 14.4 Å². The first-order chi connectivity index (χ1) is 23.2. The summed E-state index contributed by atoms with van der Waals surface area (Å²) >= 11 is 0. The van der Waals surface area contributed by atoms with E-state index in [-0.39, 0.29) is 11.8 Å². The molecule has 3 aromatic carbocycles. The highest BCUT2D eigenvalue weighted by Gasteiger charge is 2.08. The molecular formula is C32H43N7O10. The van der Waals surface area contributed by atoms with Crippen LogP contribution < -0.4 is 16.9 Å². The Morgan fingerprint density at radius 2 is 1.12 bits per heavy atom. The van der Waals surface area contributed by atoms with Crippen LogP contribution in [0.3, 0.4) is 0 Å². The molecule has 0 spiro atoms. The van der Waals surface area contributed by atoms with Crippen LogP contribution in [0.15, 0.2) is 54.6 Å². The molecular weight excluding hydrogens is 642 g/mol. The molecule has 0 bridgehead atoms. The summed E-state index contributed by atoms with van der Waals surface area (Å²) < 4.78 is 9.11. The number of aromatic nitrogens is 4. The first kappa shape index (κ1) is 43.1. The minimum atomic E-state index is -0.833. The number of hydrogen-bond donors (Lipinski definition) is 9. The molecule has 49 heavy (non-hydrogen) atoms. The quantitative estimate of drug-likeness (QED) is 0.0569. The number of aliphatic hydroxyl groups is 2. The Kier molecular flexibility index (Phi) is 19.9. The number of hydrogen-bond acceptors (Lipinski definition) is 14. The van der Waals surface area contributed by atoms with Gasteiger partial charge in [0.15, 0.2) is 5.78 Å². The second kappa shape index (κ2) is 22.6. The van der Waals surface area contributed by atoms with Crippen LogP contribution >= 0.6 is 0 Å². The van der Waals surface area contributed by atoms with Crippen LogP contribution in [0.1, 0.15) is 49.6 Å². The van der Waals surface area contributed by atoms with Gasteiger partial charge in [-0.05, 0) is 68.4 Å². The second-order valence-corrected chi connectivity index (χ2v) is 9.26. The Hall–Kier alpha value is -5.88. The number of H-pyrrole nitrogens is 2.